The quantitative estimate of drug-likeness (QED) is 0.863. The Morgan fingerprint density at radius 3 is 3.00 bits per heavy atom. The second kappa shape index (κ2) is 5.59. The van der Waals surface area contributed by atoms with Crippen LogP contribution >= 0.6 is 0 Å². The van der Waals surface area contributed by atoms with Gasteiger partial charge in [0.15, 0.2) is 5.82 Å². The molecule has 0 aliphatic heterocycles. The molecule has 0 fully saturated rings. The van der Waals surface area contributed by atoms with Gasteiger partial charge in [-0.2, -0.15) is 4.68 Å². The molecule has 0 saturated carbocycles. The molecule has 1 aromatic heterocycles. The van der Waals surface area contributed by atoms with E-state index in [1.165, 1.54) is 0 Å². The molecular formula is C12H17N5O. The monoisotopic (exact) mass is 247 g/mol. The van der Waals surface area contributed by atoms with Gasteiger partial charge in [-0.3, -0.25) is 0 Å². The Balaban J connectivity index is 2.36. The number of tetrazole rings is 1. The van der Waals surface area contributed by atoms with Crippen molar-refractivity contribution in [1.82, 2.24) is 25.5 Å². The number of nitrogens with one attached hydrogen (secondary N) is 1. The lowest BCUT2D eigenvalue weighted by Crippen LogP contribution is -2.17. The first kappa shape index (κ1) is 12.5. The number of hydrogen-bond donors (Lipinski definition) is 1. The molecular weight excluding hydrogens is 230 g/mol. The lowest BCUT2D eigenvalue weighted by atomic mass is 10.2. The molecule has 1 atom stereocenters. The lowest BCUT2D eigenvalue weighted by Gasteiger charge is -2.11. The fourth-order valence-corrected chi connectivity index (χ4v) is 1.65. The minimum atomic E-state index is 0.0794. The maximum Gasteiger partial charge on any atom is 0.173 e. The Kier molecular flexibility index (Phi) is 3.88. The topological polar surface area (TPSA) is 64.9 Å². The predicted molar refractivity (Wildman–Crippen MR) is 67.8 cm³/mol. The van der Waals surface area contributed by atoms with Crippen molar-refractivity contribution in [3.05, 3.63) is 30.1 Å². The van der Waals surface area contributed by atoms with Crippen molar-refractivity contribution in [3.8, 4) is 11.4 Å². The first-order valence-corrected chi connectivity index (χ1v) is 5.95. The Labute approximate surface area is 106 Å². The summed E-state index contributed by atoms with van der Waals surface area (Å²) in [5.74, 6) is 1.58. The molecule has 2 aromatic rings. The Morgan fingerprint density at radius 2 is 2.28 bits per heavy atom. The van der Waals surface area contributed by atoms with Crippen LogP contribution in [0.5, 0.6) is 5.75 Å². The fourth-order valence-electron chi connectivity index (χ4n) is 1.65. The van der Waals surface area contributed by atoms with Crippen LogP contribution in [-0.2, 0) is 0 Å². The largest absolute Gasteiger partial charge is 0.494 e. The van der Waals surface area contributed by atoms with E-state index in [4.69, 9.17) is 4.74 Å². The maximum atomic E-state index is 5.47. The highest BCUT2D eigenvalue weighted by atomic mass is 16.5. The molecule has 0 saturated heterocycles. The summed E-state index contributed by atoms with van der Waals surface area (Å²) in [5, 5.41) is 14.9. The average Bonchev–Trinajstić information content (AvgIpc) is 2.88. The lowest BCUT2D eigenvalue weighted by molar-refractivity contribution is 0.340. The van der Waals surface area contributed by atoms with Crippen molar-refractivity contribution in [1.29, 1.82) is 0 Å². The minimum absolute atomic E-state index is 0.0794. The zero-order chi connectivity index (χ0) is 13.0. The molecule has 0 aliphatic rings. The molecule has 0 bridgehead atoms. The molecule has 6 heteroatoms. The van der Waals surface area contributed by atoms with Gasteiger partial charge >= 0.3 is 0 Å². The summed E-state index contributed by atoms with van der Waals surface area (Å²) in [7, 11) is 1.88. The van der Waals surface area contributed by atoms with Gasteiger partial charge in [-0.15, -0.1) is 5.10 Å². The van der Waals surface area contributed by atoms with Gasteiger partial charge in [0, 0.05) is 6.07 Å². The number of ether oxygens (including phenoxy) is 1. The van der Waals surface area contributed by atoms with Crippen molar-refractivity contribution in [2.45, 2.75) is 19.9 Å². The van der Waals surface area contributed by atoms with Crippen LogP contribution in [0, 0.1) is 0 Å². The van der Waals surface area contributed by atoms with E-state index in [2.05, 4.69) is 20.8 Å². The number of nitrogens with zero attached hydrogens (tertiary/aromatic N) is 4. The number of hydrogen-bond acceptors (Lipinski definition) is 5. The van der Waals surface area contributed by atoms with E-state index in [1.54, 1.807) is 4.68 Å². The van der Waals surface area contributed by atoms with Gasteiger partial charge in [0.25, 0.3) is 0 Å². The van der Waals surface area contributed by atoms with Crippen LogP contribution in [0.2, 0.25) is 0 Å². The summed E-state index contributed by atoms with van der Waals surface area (Å²) in [6.45, 7) is 4.60. The fraction of sp³-hybridized carbons (Fsp3) is 0.417. The van der Waals surface area contributed by atoms with Crippen LogP contribution in [0.25, 0.3) is 5.69 Å². The first-order chi connectivity index (χ1) is 8.76. The van der Waals surface area contributed by atoms with E-state index >= 15 is 0 Å². The van der Waals surface area contributed by atoms with Crippen molar-refractivity contribution in [2.24, 2.45) is 0 Å². The molecule has 6 nitrogen and oxygen atoms in total. The normalized spacial score (nSPS) is 12.4. The first-order valence-electron chi connectivity index (χ1n) is 5.95. The van der Waals surface area contributed by atoms with Crippen LogP contribution in [0.3, 0.4) is 0 Å². The van der Waals surface area contributed by atoms with E-state index in [0.717, 1.165) is 17.3 Å². The van der Waals surface area contributed by atoms with Crippen molar-refractivity contribution >= 4 is 0 Å². The Bertz CT molecular complexity index is 511. The summed E-state index contributed by atoms with van der Waals surface area (Å²) >= 11 is 0. The molecule has 0 spiro atoms. The van der Waals surface area contributed by atoms with Gasteiger partial charge < -0.3 is 10.1 Å². The number of aromatic nitrogens is 4. The molecule has 0 amide bonds. The van der Waals surface area contributed by atoms with Gasteiger partial charge in [-0.1, -0.05) is 6.07 Å². The van der Waals surface area contributed by atoms with Gasteiger partial charge in [0.1, 0.15) is 5.75 Å². The molecule has 1 N–H and O–H groups in total. The van der Waals surface area contributed by atoms with Gasteiger partial charge in [-0.25, -0.2) is 0 Å². The molecule has 1 heterocycles. The van der Waals surface area contributed by atoms with Crippen molar-refractivity contribution in [2.75, 3.05) is 13.7 Å². The third-order valence-electron chi connectivity index (χ3n) is 2.69. The third-order valence-corrected chi connectivity index (χ3v) is 2.69. The van der Waals surface area contributed by atoms with Crippen LogP contribution in [0.1, 0.15) is 25.7 Å². The second-order valence-electron chi connectivity index (χ2n) is 3.89. The Morgan fingerprint density at radius 1 is 1.44 bits per heavy atom. The Hall–Kier alpha value is -1.95. The maximum absolute atomic E-state index is 5.47. The predicted octanol–water partition coefficient (Wildman–Crippen LogP) is 1.34. The van der Waals surface area contributed by atoms with Crippen molar-refractivity contribution in [3.63, 3.8) is 0 Å². The van der Waals surface area contributed by atoms with Crippen LogP contribution in [0.4, 0.5) is 0 Å². The van der Waals surface area contributed by atoms with E-state index < -0.39 is 0 Å². The van der Waals surface area contributed by atoms with Crippen LogP contribution < -0.4 is 10.1 Å². The van der Waals surface area contributed by atoms with E-state index in [-0.39, 0.29) is 6.04 Å². The summed E-state index contributed by atoms with van der Waals surface area (Å²) in [6.07, 6.45) is 0. The summed E-state index contributed by atoms with van der Waals surface area (Å²) < 4.78 is 7.19. The van der Waals surface area contributed by atoms with Crippen LogP contribution in [0.15, 0.2) is 24.3 Å². The van der Waals surface area contributed by atoms with Crippen LogP contribution in [-0.4, -0.2) is 33.9 Å². The molecule has 0 radical (unpaired) electrons. The summed E-state index contributed by atoms with van der Waals surface area (Å²) in [4.78, 5) is 0. The average molecular weight is 247 g/mol. The molecule has 1 unspecified atom stereocenters. The molecule has 0 aliphatic carbocycles. The smallest absolute Gasteiger partial charge is 0.173 e. The highest BCUT2D eigenvalue weighted by Gasteiger charge is 2.14. The number of rotatable bonds is 5. The standard InChI is InChI=1S/C12H17N5O/c1-4-18-11-7-5-6-10(8-11)17-12(9(2)13-3)14-15-16-17/h5-9,13H,4H2,1-3H3. The molecule has 2 rings (SSSR count). The van der Waals surface area contributed by atoms with Crippen molar-refractivity contribution < 1.29 is 4.74 Å². The zero-order valence-corrected chi connectivity index (χ0v) is 10.8. The van der Waals surface area contributed by atoms with E-state index in [9.17, 15) is 0 Å². The molecule has 18 heavy (non-hydrogen) atoms. The van der Waals surface area contributed by atoms with Gasteiger partial charge in [0.05, 0.1) is 18.3 Å². The highest BCUT2D eigenvalue weighted by Crippen LogP contribution is 2.18. The zero-order valence-electron chi connectivity index (χ0n) is 10.8. The minimum Gasteiger partial charge on any atom is -0.494 e. The SMILES string of the molecule is CCOc1cccc(-n2nnnc2C(C)NC)c1. The summed E-state index contributed by atoms with van der Waals surface area (Å²) in [6, 6.07) is 7.79. The number of benzene rings is 1. The second-order valence-corrected chi connectivity index (χ2v) is 3.89. The van der Waals surface area contributed by atoms with Gasteiger partial charge in [-0.05, 0) is 43.5 Å². The van der Waals surface area contributed by atoms with E-state index in [1.807, 2.05) is 45.2 Å². The van der Waals surface area contributed by atoms with E-state index in [0.29, 0.717) is 6.61 Å². The molecule has 96 valence electrons. The highest BCUT2D eigenvalue weighted by molar-refractivity contribution is 5.39. The van der Waals surface area contributed by atoms with Gasteiger partial charge in [0.2, 0.25) is 0 Å². The third kappa shape index (κ3) is 2.48. The summed E-state index contributed by atoms with van der Waals surface area (Å²) in [5.41, 5.74) is 0.892. The molecule has 1 aromatic carbocycles.